The van der Waals surface area contributed by atoms with Crippen molar-refractivity contribution in [3.05, 3.63) is 45.9 Å². The van der Waals surface area contributed by atoms with Gasteiger partial charge in [0.15, 0.2) is 0 Å². The third-order valence-corrected chi connectivity index (χ3v) is 4.35. The summed E-state index contributed by atoms with van der Waals surface area (Å²) in [5.74, 6) is 0. The first-order valence-electron chi connectivity index (χ1n) is 4.77. The highest BCUT2D eigenvalue weighted by atomic mass is 79.9. The zero-order valence-electron chi connectivity index (χ0n) is 8.13. The molecule has 1 N–H and O–H groups in total. The predicted molar refractivity (Wildman–Crippen MR) is 73.0 cm³/mol. The summed E-state index contributed by atoms with van der Waals surface area (Å²) in [6.07, 6.45) is 0. The highest BCUT2D eigenvalue weighted by Crippen LogP contribution is 2.47. The van der Waals surface area contributed by atoms with E-state index in [1.165, 1.54) is 4.90 Å². The molecule has 0 atom stereocenters. The Balaban J connectivity index is 2.15. The number of halogens is 2. The Morgan fingerprint density at radius 2 is 1.94 bits per heavy atom. The lowest BCUT2D eigenvalue weighted by Crippen LogP contribution is -2.00. The van der Waals surface area contributed by atoms with Crippen molar-refractivity contribution >= 4 is 50.7 Å². The second-order valence-electron chi connectivity index (χ2n) is 3.48. The molecule has 0 fully saturated rings. The van der Waals surface area contributed by atoms with Gasteiger partial charge in [-0.15, -0.1) is 0 Å². The Bertz CT molecular complexity index is 571. The molecule has 0 radical (unpaired) electrons. The molecule has 80 valence electrons. The number of hydrogen-bond acceptors (Lipinski definition) is 2. The van der Waals surface area contributed by atoms with Crippen LogP contribution in [0.5, 0.6) is 0 Å². The number of nitrogens with one attached hydrogen (secondary N) is 1. The quantitative estimate of drug-likeness (QED) is 0.603. The maximum atomic E-state index is 6.04. The zero-order valence-corrected chi connectivity index (χ0v) is 11.3. The van der Waals surface area contributed by atoms with Gasteiger partial charge in [-0.05, 0) is 40.2 Å². The molecular weight excluding hydrogens is 306 g/mol. The molecule has 2 aromatic carbocycles. The van der Waals surface area contributed by atoms with Gasteiger partial charge in [-0.2, -0.15) is 0 Å². The van der Waals surface area contributed by atoms with Gasteiger partial charge >= 0.3 is 0 Å². The number of anilines is 2. The van der Waals surface area contributed by atoms with Crippen LogP contribution in [0.15, 0.2) is 50.7 Å². The molecule has 1 heterocycles. The molecule has 16 heavy (non-hydrogen) atoms. The second kappa shape index (κ2) is 3.99. The van der Waals surface area contributed by atoms with Gasteiger partial charge in [-0.3, -0.25) is 0 Å². The molecule has 0 amide bonds. The van der Waals surface area contributed by atoms with Gasteiger partial charge in [0.1, 0.15) is 0 Å². The van der Waals surface area contributed by atoms with E-state index >= 15 is 0 Å². The largest absolute Gasteiger partial charge is 0.353 e. The normalized spacial score (nSPS) is 12.6. The van der Waals surface area contributed by atoms with E-state index in [1.807, 2.05) is 24.3 Å². The molecule has 0 bridgehead atoms. The van der Waals surface area contributed by atoms with Crippen LogP contribution in [0.25, 0.3) is 0 Å². The second-order valence-corrected chi connectivity index (χ2v) is 5.86. The lowest BCUT2D eigenvalue weighted by molar-refractivity contribution is 1.30. The summed E-state index contributed by atoms with van der Waals surface area (Å²) in [4.78, 5) is 2.38. The van der Waals surface area contributed by atoms with Crippen molar-refractivity contribution in [2.24, 2.45) is 0 Å². The van der Waals surface area contributed by atoms with Crippen LogP contribution in [-0.4, -0.2) is 0 Å². The first-order valence-corrected chi connectivity index (χ1v) is 6.76. The molecule has 0 saturated carbocycles. The summed E-state index contributed by atoms with van der Waals surface area (Å²) in [5, 5.41) is 4.16. The Morgan fingerprint density at radius 3 is 2.81 bits per heavy atom. The van der Waals surface area contributed by atoms with Gasteiger partial charge in [0, 0.05) is 19.3 Å². The average Bonchev–Trinajstić information content (AvgIpc) is 2.27. The average molecular weight is 313 g/mol. The molecule has 0 spiro atoms. The Kier molecular flexibility index (Phi) is 2.62. The molecule has 0 aromatic heterocycles. The van der Waals surface area contributed by atoms with E-state index < -0.39 is 0 Å². The summed E-state index contributed by atoms with van der Waals surface area (Å²) in [6, 6.07) is 12.1. The number of rotatable bonds is 0. The predicted octanol–water partition coefficient (Wildman–Crippen LogP) is 5.31. The van der Waals surface area contributed by atoms with Gasteiger partial charge in [-0.25, -0.2) is 0 Å². The minimum absolute atomic E-state index is 0.749. The van der Waals surface area contributed by atoms with E-state index in [9.17, 15) is 0 Å². The van der Waals surface area contributed by atoms with Crippen molar-refractivity contribution < 1.29 is 0 Å². The lowest BCUT2D eigenvalue weighted by Gasteiger charge is -2.21. The number of hydrogen-bond donors (Lipinski definition) is 1. The highest BCUT2D eigenvalue weighted by Gasteiger charge is 2.17. The first-order chi connectivity index (χ1) is 7.74. The Labute approximate surface area is 111 Å². The Morgan fingerprint density at radius 1 is 1.12 bits per heavy atom. The maximum absolute atomic E-state index is 6.04. The summed E-state index contributed by atoms with van der Waals surface area (Å²) >= 11 is 11.3. The molecule has 0 aliphatic carbocycles. The van der Waals surface area contributed by atoms with E-state index in [0.717, 1.165) is 25.8 Å². The van der Waals surface area contributed by atoms with Crippen LogP contribution < -0.4 is 5.32 Å². The van der Waals surface area contributed by atoms with Gasteiger partial charge in [-0.1, -0.05) is 35.5 Å². The van der Waals surface area contributed by atoms with Crippen LogP contribution in [0.2, 0.25) is 5.02 Å². The molecule has 3 rings (SSSR count). The topological polar surface area (TPSA) is 12.0 Å². The van der Waals surface area contributed by atoms with Gasteiger partial charge in [0.25, 0.3) is 0 Å². The summed E-state index contributed by atoms with van der Waals surface area (Å²) < 4.78 is 0.997. The Hall–Kier alpha value is -0.640. The molecular formula is C12H7BrClNS. The third-order valence-electron chi connectivity index (χ3n) is 2.39. The van der Waals surface area contributed by atoms with Crippen LogP contribution in [-0.2, 0) is 0 Å². The van der Waals surface area contributed by atoms with Crippen molar-refractivity contribution in [3.8, 4) is 0 Å². The van der Waals surface area contributed by atoms with E-state index in [4.69, 9.17) is 11.6 Å². The number of fused-ring (bicyclic) bond motifs is 2. The molecule has 0 unspecified atom stereocenters. The van der Waals surface area contributed by atoms with Gasteiger partial charge in [0.05, 0.1) is 11.4 Å². The van der Waals surface area contributed by atoms with E-state index in [1.54, 1.807) is 11.8 Å². The molecule has 1 aliphatic rings. The highest BCUT2D eigenvalue weighted by molar-refractivity contribution is 9.10. The van der Waals surface area contributed by atoms with E-state index in [-0.39, 0.29) is 0 Å². The maximum Gasteiger partial charge on any atom is 0.0671 e. The number of benzene rings is 2. The SMILES string of the molecule is Clc1cc(Br)c2c(c1)Sc1ccccc1N2. The number of para-hydroxylation sites is 1. The molecule has 1 aliphatic heterocycles. The lowest BCUT2D eigenvalue weighted by atomic mass is 10.2. The third kappa shape index (κ3) is 1.73. The molecule has 2 aromatic rings. The standard InChI is InChI=1S/C12H7BrClNS/c13-8-5-7(14)6-11-12(8)15-9-3-1-2-4-10(9)16-11/h1-6,15H. The fraction of sp³-hybridized carbons (Fsp3) is 0. The van der Waals surface area contributed by atoms with Crippen LogP contribution >= 0.6 is 39.3 Å². The van der Waals surface area contributed by atoms with Crippen molar-refractivity contribution in [1.82, 2.24) is 0 Å². The van der Waals surface area contributed by atoms with Crippen molar-refractivity contribution in [3.63, 3.8) is 0 Å². The van der Waals surface area contributed by atoms with Crippen molar-refractivity contribution in [2.45, 2.75) is 9.79 Å². The van der Waals surface area contributed by atoms with Crippen LogP contribution in [0.3, 0.4) is 0 Å². The van der Waals surface area contributed by atoms with Crippen molar-refractivity contribution in [1.29, 1.82) is 0 Å². The van der Waals surface area contributed by atoms with Crippen LogP contribution in [0.4, 0.5) is 11.4 Å². The van der Waals surface area contributed by atoms with E-state index in [2.05, 4.69) is 33.4 Å². The first kappa shape index (κ1) is 10.5. The monoisotopic (exact) mass is 311 g/mol. The van der Waals surface area contributed by atoms with Gasteiger partial charge < -0.3 is 5.32 Å². The summed E-state index contributed by atoms with van der Waals surface area (Å²) in [5.41, 5.74) is 2.23. The minimum atomic E-state index is 0.749. The molecule has 4 heteroatoms. The molecule has 1 nitrogen and oxygen atoms in total. The summed E-state index contributed by atoms with van der Waals surface area (Å²) in [7, 11) is 0. The minimum Gasteiger partial charge on any atom is -0.353 e. The van der Waals surface area contributed by atoms with Crippen molar-refractivity contribution in [2.75, 3.05) is 5.32 Å². The fourth-order valence-corrected chi connectivity index (χ4v) is 3.83. The fourth-order valence-electron chi connectivity index (χ4n) is 1.66. The zero-order chi connectivity index (χ0) is 11.1. The summed E-state index contributed by atoms with van der Waals surface area (Å²) in [6.45, 7) is 0. The van der Waals surface area contributed by atoms with E-state index in [0.29, 0.717) is 0 Å². The van der Waals surface area contributed by atoms with Gasteiger partial charge in [0.2, 0.25) is 0 Å². The van der Waals surface area contributed by atoms with Crippen LogP contribution in [0, 0.1) is 0 Å². The smallest absolute Gasteiger partial charge is 0.0671 e. The van der Waals surface area contributed by atoms with Crippen LogP contribution in [0.1, 0.15) is 0 Å². The molecule has 0 saturated heterocycles.